The summed E-state index contributed by atoms with van der Waals surface area (Å²) in [6.45, 7) is 3.19. The number of aromatic nitrogens is 3. The zero-order chi connectivity index (χ0) is 23.6. The van der Waals surface area contributed by atoms with Crippen LogP contribution in [0.3, 0.4) is 0 Å². The first kappa shape index (κ1) is 20.5. The lowest BCUT2D eigenvalue weighted by Gasteiger charge is -2.27. The summed E-state index contributed by atoms with van der Waals surface area (Å²) < 4.78 is 10.9. The molecule has 1 spiro atoms. The predicted octanol–water partition coefficient (Wildman–Crippen LogP) is 3.85. The molecule has 2 aromatic carbocycles. The van der Waals surface area contributed by atoms with Crippen LogP contribution in [0.4, 0.5) is 11.5 Å². The minimum Gasteiger partial charge on any atom is -0.497 e. The van der Waals surface area contributed by atoms with Crippen molar-refractivity contribution in [1.82, 2.24) is 15.2 Å². The van der Waals surface area contributed by atoms with Gasteiger partial charge in [0.05, 0.1) is 31.3 Å². The minimum atomic E-state index is -0.514. The molecule has 7 rings (SSSR count). The fraction of sp³-hybridized carbons (Fsp3) is 0.296. The number of ether oxygens (including phenoxy) is 2. The first-order chi connectivity index (χ1) is 17.2. The van der Waals surface area contributed by atoms with E-state index >= 15 is 0 Å². The molecule has 0 radical (unpaired) electrons. The van der Waals surface area contributed by atoms with E-state index in [1.807, 2.05) is 30.5 Å². The van der Waals surface area contributed by atoms with Gasteiger partial charge in [-0.2, -0.15) is 5.10 Å². The molecule has 2 N–H and O–H groups in total. The SMILES string of the molecule is COc1ccc2c(c1)C1(C[C@H]1c1ccc3c(-c4ccc(N5CCOCC5)nc4)n[nH]c3c1)C(=O)N2. The molecule has 2 aromatic heterocycles. The van der Waals surface area contributed by atoms with Crippen LogP contribution in [0.2, 0.25) is 0 Å². The van der Waals surface area contributed by atoms with Gasteiger partial charge in [0.2, 0.25) is 5.91 Å². The molecule has 176 valence electrons. The normalized spacial score (nSPS) is 22.9. The van der Waals surface area contributed by atoms with E-state index in [4.69, 9.17) is 9.47 Å². The van der Waals surface area contributed by atoms with E-state index in [2.05, 4.69) is 49.7 Å². The van der Waals surface area contributed by atoms with Crippen molar-refractivity contribution in [2.75, 3.05) is 43.6 Å². The van der Waals surface area contributed by atoms with Gasteiger partial charge < -0.3 is 19.7 Å². The Labute approximate surface area is 202 Å². The number of carbonyl (C=O) groups is 1. The molecule has 1 saturated carbocycles. The summed E-state index contributed by atoms with van der Waals surface area (Å²) in [5.74, 6) is 1.93. The summed E-state index contributed by atoms with van der Waals surface area (Å²) in [6, 6.07) is 16.3. The topological polar surface area (TPSA) is 92.4 Å². The molecule has 8 nitrogen and oxygen atoms in total. The number of fused-ring (bicyclic) bond motifs is 3. The highest BCUT2D eigenvalue weighted by Gasteiger charge is 2.65. The smallest absolute Gasteiger partial charge is 0.235 e. The molecule has 1 unspecified atom stereocenters. The molecule has 3 aliphatic rings. The lowest BCUT2D eigenvalue weighted by Crippen LogP contribution is -2.36. The minimum absolute atomic E-state index is 0.0718. The van der Waals surface area contributed by atoms with Crippen LogP contribution in [0.1, 0.15) is 23.5 Å². The van der Waals surface area contributed by atoms with Crippen LogP contribution in [0.15, 0.2) is 54.7 Å². The molecule has 0 bridgehead atoms. The summed E-state index contributed by atoms with van der Waals surface area (Å²) >= 11 is 0. The summed E-state index contributed by atoms with van der Waals surface area (Å²) in [6.07, 6.45) is 2.68. The van der Waals surface area contributed by atoms with E-state index in [1.165, 1.54) is 0 Å². The van der Waals surface area contributed by atoms with E-state index < -0.39 is 5.41 Å². The van der Waals surface area contributed by atoms with Crippen molar-refractivity contribution < 1.29 is 14.3 Å². The Morgan fingerprint density at radius 2 is 2.00 bits per heavy atom. The molecule has 2 fully saturated rings. The van der Waals surface area contributed by atoms with Gasteiger partial charge in [0, 0.05) is 41.8 Å². The Kier molecular flexibility index (Phi) is 4.41. The Balaban J connectivity index is 1.18. The summed E-state index contributed by atoms with van der Waals surface area (Å²) in [4.78, 5) is 19.9. The second-order valence-corrected chi connectivity index (χ2v) is 9.48. The number of benzene rings is 2. The second-order valence-electron chi connectivity index (χ2n) is 9.48. The van der Waals surface area contributed by atoms with Gasteiger partial charge in [0.25, 0.3) is 0 Å². The molecule has 2 atom stereocenters. The highest BCUT2D eigenvalue weighted by Crippen LogP contribution is 2.65. The van der Waals surface area contributed by atoms with Crippen molar-refractivity contribution in [2.45, 2.75) is 17.8 Å². The molecule has 4 aromatic rings. The number of pyridine rings is 1. The number of H-pyrrole nitrogens is 1. The van der Waals surface area contributed by atoms with Gasteiger partial charge in [-0.3, -0.25) is 9.89 Å². The van der Waals surface area contributed by atoms with Gasteiger partial charge in [-0.1, -0.05) is 12.1 Å². The summed E-state index contributed by atoms with van der Waals surface area (Å²) in [5, 5.41) is 11.9. The number of nitrogens with one attached hydrogen (secondary N) is 2. The van der Waals surface area contributed by atoms with Crippen LogP contribution in [-0.2, 0) is 14.9 Å². The van der Waals surface area contributed by atoms with Gasteiger partial charge in [0.1, 0.15) is 17.3 Å². The molecular weight excluding hydrogens is 442 g/mol. The maximum Gasteiger partial charge on any atom is 0.235 e. The van der Waals surface area contributed by atoms with Crippen LogP contribution < -0.4 is 15.0 Å². The van der Waals surface area contributed by atoms with Gasteiger partial charge in [0.15, 0.2) is 0 Å². The third-order valence-electron chi connectivity index (χ3n) is 7.67. The average Bonchev–Trinajstić information content (AvgIpc) is 3.44. The number of amides is 1. The third kappa shape index (κ3) is 3.06. The first-order valence-corrected chi connectivity index (χ1v) is 11.9. The van der Waals surface area contributed by atoms with Gasteiger partial charge in [-0.15, -0.1) is 0 Å². The number of aromatic amines is 1. The Morgan fingerprint density at radius 1 is 1.11 bits per heavy atom. The zero-order valence-corrected chi connectivity index (χ0v) is 19.4. The molecule has 4 heterocycles. The van der Waals surface area contributed by atoms with Crippen molar-refractivity contribution in [2.24, 2.45) is 0 Å². The Hall–Kier alpha value is -3.91. The van der Waals surface area contributed by atoms with Crippen LogP contribution in [0.5, 0.6) is 5.75 Å². The maximum atomic E-state index is 13.0. The lowest BCUT2D eigenvalue weighted by molar-refractivity contribution is -0.118. The number of carbonyl (C=O) groups excluding carboxylic acids is 1. The number of anilines is 2. The van der Waals surface area contributed by atoms with E-state index in [9.17, 15) is 4.79 Å². The molecule has 1 saturated heterocycles. The Morgan fingerprint density at radius 3 is 2.80 bits per heavy atom. The number of morpholine rings is 1. The number of rotatable bonds is 4. The van der Waals surface area contributed by atoms with E-state index in [0.29, 0.717) is 0 Å². The number of nitrogens with zero attached hydrogens (tertiary/aromatic N) is 3. The largest absolute Gasteiger partial charge is 0.497 e. The summed E-state index contributed by atoms with van der Waals surface area (Å²) in [5.41, 5.74) is 5.35. The standard InChI is InChI=1S/C27H25N5O3/c1-34-18-4-6-22-20(13-18)27(26(33)29-22)14-21(27)16-2-5-19-23(12-16)30-31-25(19)17-3-7-24(28-15-17)32-8-10-35-11-9-32/h2-7,12-13,15,21H,8-11,14H2,1H3,(H,29,33)(H,30,31)/t21-,27?/m0/s1. The quantitative estimate of drug-likeness (QED) is 0.474. The fourth-order valence-electron chi connectivity index (χ4n) is 5.68. The van der Waals surface area contributed by atoms with Gasteiger partial charge >= 0.3 is 0 Å². The molecule has 2 aliphatic heterocycles. The van der Waals surface area contributed by atoms with Crippen LogP contribution >= 0.6 is 0 Å². The van der Waals surface area contributed by atoms with E-state index in [0.717, 1.165) is 83.3 Å². The zero-order valence-electron chi connectivity index (χ0n) is 19.4. The maximum absolute atomic E-state index is 13.0. The van der Waals surface area contributed by atoms with E-state index in [1.54, 1.807) is 7.11 Å². The highest BCUT2D eigenvalue weighted by molar-refractivity contribution is 6.10. The molecule has 1 amide bonds. The molecule has 8 heteroatoms. The second kappa shape index (κ2) is 7.55. The van der Waals surface area contributed by atoms with Crippen LogP contribution in [0.25, 0.3) is 22.2 Å². The fourth-order valence-corrected chi connectivity index (χ4v) is 5.68. The summed E-state index contributed by atoms with van der Waals surface area (Å²) in [7, 11) is 1.65. The van der Waals surface area contributed by atoms with Crippen molar-refractivity contribution in [3.8, 4) is 17.0 Å². The lowest BCUT2D eigenvalue weighted by atomic mass is 9.91. The van der Waals surface area contributed by atoms with Crippen molar-refractivity contribution in [3.63, 3.8) is 0 Å². The van der Waals surface area contributed by atoms with Gasteiger partial charge in [-0.05, 0) is 53.9 Å². The molecule has 1 aliphatic carbocycles. The van der Waals surface area contributed by atoms with Crippen molar-refractivity contribution >= 4 is 28.3 Å². The number of methoxy groups -OCH3 is 1. The monoisotopic (exact) mass is 467 g/mol. The van der Waals surface area contributed by atoms with Crippen LogP contribution in [-0.4, -0.2) is 54.5 Å². The highest BCUT2D eigenvalue weighted by atomic mass is 16.5. The molecular formula is C27H25N5O3. The predicted molar refractivity (Wildman–Crippen MR) is 133 cm³/mol. The number of hydrogen-bond donors (Lipinski definition) is 2. The van der Waals surface area contributed by atoms with Gasteiger partial charge in [-0.25, -0.2) is 4.98 Å². The average molecular weight is 468 g/mol. The van der Waals surface area contributed by atoms with E-state index in [-0.39, 0.29) is 11.8 Å². The van der Waals surface area contributed by atoms with Crippen molar-refractivity contribution in [3.05, 3.63) is 65.9 Å². The first-order valence-electron chi connectivity index (χ1n) is 11.9. The Bertz CT molecular complexity index is 1460. The number of hydrogen-bond acceptors (Lipinski definition) is 6. The van der Waals surface area contributed by atoms with Crippen LogP contribution in [0, 0.1) is 0 Å². The van der Waals surface area contributed by atoms with Crippen molar-refractivity contribution in [1.29, 1.82) is 0 Å². The third-order valence-corrected chi connectivity index (χ3v) is 7.67. The molecule has 35 heavy (non-hydrogen) atoms.